The van der Waals surface area contributed by atoms with Gasteiger partial charge in [0.15, 0.2) is 0 Å². The Balaban J connectivity index is 0.00000289. The molecule has 2 atom stereocenters. The van der Waals surface area contributed by atoms with E-state index in [4.69, 9.17) is 0 Å². The maximum atomic E-state index is 12.0. The maximum absolute atomic E-state index is 12.0. The molecule has 1 aliphatic rings. The molecule has 0 aromatic heterocycles. The summed E-state index contributed by atoms with van der Waals surface area (Å²) in [7, 11) is 0. The molecule has 18 heavy (non-hydrogen) atoms. The molecule has 1 rings (SSSR count). The molecule has 1 aliphatic heterocycles. The van der Waals surface area contributed by atoms with Gasteiger partial charge < -0.3 is 10.4 Å². The molecule has 0 saturated carbocycles. The van der Waals surface area contributed by atoms with E-state index in [1.165, 1.54) is 0 Å². The third kappa shape index (κ3) is 3.13. The van der Waals surface area contributed by atoms with Crippen LogP contribution in [0.5, 0.6) is 0 Å². The van der Waals surface area contributed by atoms with Gasteiger partial charge in [-0.1, -0.05) is 27.7 Å². The molecule has 0 fully saturated rings. The summed E-state index contributed by atoms with van der Waals surface area (Å²) in [4.78, 5) is 27.3. The topological polar surface area (TPSA) is 81.6 Å². The zero-order valence-corrected chi connectivity index (χ0v) is 13.7. The van der Waals surface area contributed by atoms with Crippen molar-refractivity contribution in [2.24, 2.45) is 22.2 Å². The van der Waals surface area contributed by atoms with Crippen LogP contribution < -0.4 is 40.0 Å². The van der Waals surface area contributed by atoms with Crippen LogP contribution in [0, 0.1) is 17.3 Å². The summed E-state index contributed by atoms with van der Waals surface area (Å²) in [5.41, 5.74) is -1.17. The van der Waals surface area contributed by atoms with Gasteiger partial charge in [0, 0.05) is 0 Å². The Morgan fingerprint density at radius 1 is 1.33 bits per heavy atom. The van der Waals surface area contributed by atoms with E-state index < -0.39 is 23.3 Å². The van der Waals surface area contributed by atoms with E-state index in [0.717, 1.165) is 6.42 Å². The van der Waals surface area contributed by atoms with Gasteiger partial charge >= 0.3 is 29.6 Å². The van der Waals surface area contributed by atoms with E-state index in [-0.39, 0.29) is 35.5 Å². The van der Waals surface area contributed by atoms with E-state index in [1.54, 1.807) is 6.92 Å². The van der Waals surface area contributed by atoms with Crippen molar-refractivity contribution >= 4 is 17.8 Å². The molecule has 6 heteroatoms. The summed E-state index contributed by atoms with van der Waals surface area (Å²) < 4.78 is 0. The van der Waals surface area contributed by atoms with Gasteiger partial charge in [0.25, 0.3) is 5.91 Å². The predicted molar refractivity (Wildman–Crippen MR) is 61.9 cm³/mol. The SMILES string of the molecule is CCC1(C(C)CC(C)C)C(=O)N=C([O-])NC1=O.[Na+]. The molecule has 1 N–H and O–H groups in total. The van der Waals surface area contributed by atoms with Crippen molar-refractivity contribution in [1.29, 1.82) is 0 Å². The maximum Gasteiger partial charge on any atom is 1.00 e. The molecule has 2 amide bonds. The number of hydrogen-bond donors (Lipinski definition) is 1. The van der Waals surface area contributed by atoms with E-state index in [1.807, 2.05) is 20.8 Å². The molecule has 0 aliphatic carbocycles. The van der Waals surface area contributed by atoms with Crippen LogP contribution >= 0.6 is 0 Å². The minimum atomic E-state index is -1.17. The summed E-state index contributed by atoms with van der Waals surface area (Å²) in [5.74, 6) is -0.844. The number of amidine groups is 1. The average molecular weight is 262 g/mol. The molecule has 2 unspecified atom stereocenters. The van der Waals surface area contributed by atoms with Crippen molar-refractivity contribution in [3.63, 3.8) is 0 Å². The fourth-order valence-electron chi connectivity index (χ4n) is 2.53. The van der Waals surface area contributed by atoms with Gasteiger partial charge in [-0.2, -0.15) is 0 Å². The van der Waals surface area contributed by atoms with Gasteiger partial charge in [-0.25, -0.2) is 4.99 Å². The van der Waals surface area contributed by atoms with Crippen LogP contribution in [0.1, 0.15) is 40.5 Å². The summed E-state index contributed by atoms with van der Waals surface area (Å²) in [5, 5.41) is 13.2. The summed E-state index contributed by atoms with van der Waals surface area (Å²) in [6.07, 6.45) is 1.11. The van der Waals surface area contributed by atoms with Crippen LogP contribution in [0.4, 0.5) is 0 Å². The number of aliphatic imine (C=N–C) groups is 1. The molecule has 0 radical (unpaired) electrons. The molecular formula is C12H19N2NaO3. The molecule has 5 nitrogen and oxygen atoms in total. The number of hydrogen-bond acceptors (Lipinski definition) is 3. The Morgan fingerprint density at radius 2 is 1.89 bits per heavy atom. The second-order valence-electron chi connectivity index (χ2n) is 5.03. The molecule has 0 bridgehead atoms. The minimum absolute atomic E-state index is 0. The number of amides is 2. The van der Waals surface area contributed by atoms with Gasteiger partial charge in [-0.15, -0.1) is 0 Å². The Labute approximate surface area is 130 Å². The molecule has 0 spiro atoms. The monoisotopic (exact) mass is 262 g/mol. The Bertz CT molecular complexity index is 368. The zero-order valence-electron chi connectivity index (χ0n) is 11.7. The van der Waals surface area contributed by atoms with Crippen molar-refractivity contribution in [2.75, 3.05) is 0 Å². The quantitative estimate of drug-likeness (QED) is 0.447. The van der Waals surface area contributed by atoms with Crippen molar-refractivity contribution in [3.05, 3.63) is 0 Å². The number of nitrogens with zero attached hydrogens (tertiary/aromatic N) is 1. The summed E-state index contributed by atoms with van der Waals surface area (Å²) in [6.45, 7) is 7.71. The van der Waals surface area contributed by atoms with Gasteiger partial charge in [0.1, 0.15) is 5.41 Å². The van der Waals surface area contributed by atoms with Gasteiger partial charge in [0.05, 0.1) is 6.02 Å². The van der Waals surface area contributed by atoms with Crippen molar-refractivity contribution in [2.45, 2.75) is 40.5 Å². The predicted octanol–water partition coefficient (Wildman–Crippen LogP) is -2.56. The van der Waals surface area contributed by atoms with Crippen molar-refractivity contribution in [1.82, 2.24) is 5.32 Å². The van der Waals surface area contributed by atoms with Crippen molar-refractivity contribution in [3.8, 4) is 0 Å². The molecule has 1 heterocycles. The number of carbonyl (C=O) groups is 2. The first-order valence-electron chi connectivity index (χ1n) is 5.96. The fraction of sp³-hybridized carbons (Fsp3) is 0.750. The van der Waals surface area contributed by atoms with E-state index in [2.05, 4.69) is 10.3 Å². The second-order valence-corrected chi connectivity index (χ2v) is 5.03. The van der Waals surface area contributed by atoms with Crippen LogP contribution in [0.25, 0.3) is 0 Å². The zero-order chi connectivity index (χ0) is 13.2. The molecular weight excluding hydrogens is 243 g/mol. The molecule has 0 aromatic carbocycles. The molecule has 0 saturated heterocycles. The standard InChI is InChI=1S/C12H20N2O3.Na/c1-5-12(8(4)6-7(2)3)9(15)13-11(17)14-10(12)16;/h7-8H,5-6H2,1-4H3,(H2,13,14,15,16,17);/q;+1/p-1. The first kappa shape index (κ1) is 17.6. The third-order valence-corrected chi connectivity index (χ3v) is 3.43. The molecule has 96 valence electrons. The van der Waals surface area contributed by atoms with Crippen LogP contribution in [-0.4, -0.2) is 17.8 Å². The largest absolute Gasteiger partial charge is 1.00 e. The Hall–Kier alpha value is -0.390. The van der Waals surface area contributed by atoms with Gasteiger partial charge in [-0.05, 0) is 24.7 Å². The number of rotatable bonds is 4. The van der Waals surface area contributed by atoms with Crippen molar-refractivity contribution < 1.29 is 44.3 Å². The second kappa shape index (κ2) is 6.68. The Morgan fingerprint density at radius 3 is 2.28 bits per heavy atom. The van der Waals surface area contributed by atoms with Gasteiger partial charge in [-0.3, -0.25) is 9.59 Å². The fourth-order valence-corrected chi connectivity index (χ4v) is 2.53. The van der Waals surface area contributed by atoms with E-state index >= 15 is 0 Å². The summed E-state index contributed by atoms with van der Waals surface area (Å²) >= 11 is 0. The Kier molecular flexibility index (Phi) is 6.54. The van der Waals surface area contributed by atoms with Crippen LogP contribution in [0.3, 0.4) is 0 Å². The smallest absolute Gasteiger partial charge is 0.846 e. The number of carbonyl (C=O) groups excluding carboxylic acids is 2. The first-order chi connectivity index (χ1) is 7.84. The van der Waals surface area contributed by atoms with Crippen LogP contribution in [-0.2, 0) is 9.59 Å². The van der Waals surface area contributed by atoms with Crippen LogP contribution in [0.15, 0.2) is 4.99 Å². The summed E-state index contributed by atoms with van der Waals surface area (Å²) in [6, 6.07) is -0.846. The van der Waals surface area contributed by atoms with E-state index in [0.29, 0.717) is 12.3 Å². The van der Waals surface area contributed by atoms with Crippen LogP contribution in [0.2, 0.25) is 0 Å². The van der Waals surface area contributed by atoms with E-state index in [9.17, 15) is 14.7 Å². The third-order valence-electron chi connectivity index (χ3n) is 3.43. The first-order valence-corrected chi connectivity index (χ1v) is 5.96. The average Bonchev–Trinajstić information content (AvgIpc) is 2.16. The normalized spacial score (nSPS) is 25.3. The molecule has 0 aromatic rings. The van der Waals surface area contributed by atoms with Gasteiger partial charge in [0.2, 0.25) is 5.91 Å². The number of nitrogens with one attached hydrogen (secondary N) is 1. The minimum Gasteiger partial charge on any atom is -0.846 e.